The maximum absolute atomic E-state index is 11.1. The van der Waals surface area contributed by atoms with Crippen molar-refractivity contribution in [2.75, 3.05) is 12.4 Å². The monoisotopic (exact) mass is 193 g/mol. The van der Waals surface area contributed by atoms with E-state index in [0.717, 1.165) is 0 Å². The van der Waals surface area contributed by atoms with Crippen molar-refractivity contribution in [1.82, 2.24) is 4.90 Å². The third-order valence-corrected chi connectivity index (χ3v) is 2.29. The largest absolute Gasteiger partial charge is 0.441 e. The molecule has 4 nitrogen and oxygen atoms in total. The number of hydrogen-bond acceptors (Lipinski definition) is 3. The van der Waals surface area contributed by atoms with E-state index in [4.69, 9.17) is 16.3 Å². The minimum Gasteiger partial charge on any atom is -0.441 e. The zero-order valence-electron chi connectivity index (χ0n) is 7.08. The van der Waals surface area contributed by atoms with Crippen molar-refractivity contribution in [3.63, 3.8) is 0 Å². The summed E-state index contributed by atoms with van der Waals surface area (Å²) >= 11 is 5.46. The molecule has 1 amide bonds. The predicted octanol–water partition coefficient (Wildman–Crippen LogP) is 0.774. The molecule has 1 N–H and O–H groups in total. The first-order valence-electron chi connectivity index (χ1n) is 3.76. The van der Waals surface area contributed by atoms with Gasteiger partial charge in [-0.05, 0) is 13.8 Å². The first kappa shape index (κ1) is 9.61. The van der Waals surface area contributed by atoms with Crippen molar-refractivity contribution >= 4 is 17.7 Å². The second-order valence-corrected chi connectivity index (χ2v) is 3.34. The Morgan fingerprint density at radius 1 is 1.83 bits per heavy atom. The van der Waals surface area contributed by atoms with Crippen LogP contribution in [0.5, 0.6) is 0 Å². The Morgan fingerprint density at radius 3 is 2.75 bits per heavy atom. The lowest BCUT2D eigenvalue weighted by Gasteiger charge is -2.28. The molecule has 0 aromatic heterocycles. The molecule has 5 heteroatoms. The molecule has 1 aliphatic heterocycles. The predicted molar refractivity (Wildman–Crippen MR) is 44.0 cm³/mol. The van der Waals surface area contributed by atoms with Crippen LogP contribution in [0, 0.1) is 0 Å². The summed E-state index contributed by atoms with van der Waals surface area (Å²) in [5.74, 6) is 0.290. The molecule has 1 saturated heterocycles. The number of alkyl halides is 1. The molecule has 0 aliphatic carbocycles. The van der Waals surface area contributed by atoms with Crippen molar-refractivity contribution < 1.29 is 14.6 Å². The number of ether oxygens (including phenoxy) is 1. The number of nitrogens with zero attached hydrogens (tertiary/aromatic N) is 1. The third kappa shape index (κ3) is 1.36. The van der Waals surface area contributed by atoms with E-state index < -0.39 is 17.9 Å². The van der Waals surface area contributed by atoms with Gasteiger partial charge in [0, 0.05) is 12.4 Å². The molecule has 1 rings (SSSR count). The first-order valence-corrected chi connectivity index (χ1v) is 4.30. The van der Waals surface area contributed by atoms with Gasteiger partial charge in [0.1, 0.15) is 6.10 Å². The molecule has 1 heterocycles. The summed E-state index contributed by atoms with van der Waals surface area (Å²) in [7, 11) is 0. The fraction of sp³-hybridized carbons (Fsp3) is 0.857. The maximum Gasteiger partial charge on any atom is 0.412 e. The topological polar surface area (TPSA) is 49.8 Å². The SMILES string of the molecule is C[C@@H]1OC(=O)N(CCCl)[C@]1(C)O. The Balaban J connectivity index is 2.76. The number of hydrogen-bond donors (Lipinski definition) is 1. The highest BCUT2D eigenvalue weighted by molar-refractivity contribution is 6.18. The van der Waals surface area contributed by atoms with Crippen LogP contribution in [-0.2, 0) is 4.74 Å². The van der Waals surface area contributed by atoms with Gasteiger partial charge in [-0.15, -0.1) is 11.6 Å². The Bertz CT molecular complexity index is 195. The van der Waals surface area contributed by atoms with Gasteiger partial charge < -0.3 is 9.84 Å². The number of aliphatic hydroxyl groups is 1. The van der Waals surface area contributed by atoms with Crippen LogP contribution in [0.2, 0.25) is 0 Å². The highest BCUT2D eigenvalue weighted by atomic mass is 35.5. The van der Waals surface area contributed by atoms with Crippen molar-refractivity contribution in [3.05, 3.63) is 0 Å². The molecule has 0 saturated carbocycles. The van der Waals surface area contributed by atoms with Gasteiger partial charge in [0.05, 0.1) is 0 Å². The fourth-order valence-corrected chi connectivity index (χ4v) is 1.30. The van der Waals surface area contributed by atoms with Crippen molar-refractivity contribution in [2.45, 2.75) is 25.7 Å². The second kappa shape index (κ2) is 3.11. The first-order chi connectivity index (χ1) is 5.50. The van der Waals surface area contributed by atoms with Gasteiger partial charge in [-0.1, -0.05) is 0 Å². The Morgan fingerprint density at radius 2 is 2.42 bits per heavy atom. The lowest BCUT2D eigenvalue weighted by atomic mass is 10.1. The summed E-state index contributed by atoms with van der Waals surface area (Å²) in [5, 5.41) is 9.75. The molecule has 0 aromatic rings. The molecule has 0 unspecified atom stereocenters. The highest BCUT2D eigenvalue weighted by Gasteiger charge is 2.47. The average Bonchev–Trinajstić information content (AvgIpc) is 2.14. The summed E-state index contributed by atoms with van der Waals surface area (Å²) in [4.78, 5) is 12.3. The lowest BCUT2D eigenvalue weighted by Crippen LogP contribution is -2.48. The van der Waals surface area contributed by atoms with E-state index in [-0.39, 0.29) is 5.88 Å². The molecule has 1 aliphatic rings. The molecule has 0 radical (unpaired) electrons. The molecule has 12 heavy (non-hydrogen) atoms. The summed E-state index contributed by atoms with van der Waals surface area (Å²) in [6.07, 6.45) is -1.01. The summed E-state index contributed by atoms with van der Waals surface area (Å²) in [6, 6.07) is 0. The number of carbonyl (C=O) groups is 1. The van der Waals surface area contributed by atoms with Crippen molar-refractivity contribution in [1.29, 1.82) is 0 Å². The summed E-state index contributed by atoms with van der Waals surface area (Å²) in [6.45, 7) is 3.49. The Labute approximate surface area is 76.1 Å². The van der Waals surface area contributed by atoms with Gasteiger partial charge in [0.15, 0.2) is 5.72 Å². The van der Waals surface area contributed by atoms with Crippen LogP contribution in [0.25, 0.3) is 0 Å². The number of cyclic esters (lactones) is 1. The van der Waals surface area contributed by atoms with Crippen LogP contribution >= 0.6 is 11.6 Å². The van der Waals surface area contributed by atoms with E-state index in [1.807, 2.05) is 0 Å². The number of halogens is 1. The average molecular weight is 194 g/mol. The number of carbonyl (C=O) groups excluding carboxylic acids is 1. The van der Waals surface area contributed by atoms with Gasteiger partial charge in [-0.3, -0.25) is 4.90 Å². The van der Waals surface area contributed by atoms with Crippen molar-refractivity contribution in [3.8, 4) is 0 Å². The van der Waals surface area contributed by atoms with Crippen LogP contribution in [0.4, 0.5) is 4.79 Å². The van der Waals surface area contributed by atoms with E-state index in [9.17, 15) is 9.90 Å². The number of rotatable bonds is 2. The molecular weight excluding hydrogens is 182 g/mol. The van der Waals surface area contributed by atoms with E-state index in [0.29, 0.717) is 6.54 Å². The summed E-state index contributed by atoms with van der Waals surface area (Å²) in [5.41, 5.74) is -1.23. The van der Waals surface area contributed by atoms with E-state index >= 15 is 0 Å². The number of amides is 1. The lowest BCUT2D eigenvalue weighted by molar-refractivity contribution is -0.0758. The fourth-order valence-electron chi connectivity index (χ4n) is 1.13. The summed E-state index contributed by atoms with van der Waals surface area (Å²) < 4.78 is 4.82. The van der Waals surface area contributed by atoms with Crippen LogP contribution in [0.1, 0.15) is 13.8 Å². The standard InChI is InChI=1S/C7H12ClNO3/c1-5-7(2,11)9(4-3-8)6(10)12-5/h5,11H,3-4H2,1-2H3/t5-,7+/m0/s1. The minimum absolute atomic E-state index is 0.290. The van der Waals surface area contributed by atoms with E-state index in [1.165, 1.54) is 11.8 Å². The molecule has 1 fully saturated rings. The molecule has 70 valence electrons. The Hall–Kier alpha value is -0.480. The van der Waals surface area contributed by atoms with E-state index in [1.54, 1.807) is 6.92 Å². The van der Waals surface area contributed by atoms with Crippen LogP contribution in [0.3, 0.4) is 0 Å². The molecule has 0 bridgehead atoms. The minimum atomic E-state index is -1.23. The quantitative estimate of drug-likeness (QED) is 0.660. The van der Waals surface area contributed by atoms with Gasteiger partial charge >= 0.3 is 6.09 Å². The highest BCUT2D eigenvalue weighted by Crippen LogP contribution is 2.27. The smallest absolute Gasteiger partial charge is 0.412 e. The van der Waals surface area contributed by atoms with Gasteiger partial charge in [-0.25, -0.2) is 4.79 Å². The molecule has 0 aromatic carbocycles. The van der Waals surface area contributed by atoms with Crippen LogP contribution < -0.4 is 0 Å². The molecule has 2 atom stereocenters. The Kier molecular flexibility index (Phi) is 2.49. The van der Waals surface area contributed by atoms with E-state index in [2.05, 4.69) is 0 Å². The van der Waals surface area contributed by atoms with Gasteiger partial charge in [0.25, 0.3) is 0 Å². The second-order valence-electron chi connectivity index (χ2n) is 2.96. The normalized spacial score (nSPS) is 35.5. The van der Waals surface area contributed by atoms with Crippen LogP contribution in [0.15, 0.2) is 0 Å². The maximum atomic E-state index is 11.1. The zero-order chi connectivity index (χ0) is 9.35. The van der Waals surface area contributed by atoms with Crippen molar-refractivity contribution in [2.24, 2.45) is 0 Å². The third-order valence-electron chi connectivity index (χ3n) is 2.12. The molecular formula is C7H12ClNO3. The van der Waals surface area contributed by atoms with Crippen LogP contribution in [-0.4, -0.2) is 40.4 Å². The molecule has 0 spiro atoms. The zero-order valence-corrected chi connectivity index (χ0v) is 7.84. The van der Waals surface area contributed by atoms with Gasteiger partial charge in [-0.2, -0.15) is 0 Å². The van der Waals surface area contributed by atoms with Gasteiger partial charge in [0.2, 0.25) is 0 Å².